The fraction of sp³-hybridized carbons (Fsp3) is 0.361. The molecule has 6 nitrogen and oxygen atoms in total. The van der Waals surface area contributed by atoms with Gasteiger partial charge in [-0.25, -0.2) is 4.79 Å². The minimum absolute atomic E-state index is 0.0196. The van der Waals surface area contributed by atoms with Crippen molar-refractivity contribution < 1.29 is 32.3 Å². The molecule has 3 aromatic carbocycles. The quantitative estimate of drug-likeness (QED) is 0.252. The number of hydrogen-bond donors (Lipinski definition) is 0. The van der Waals surface area contributed by atoms with Gasteiger partial charge in [-0.2, -0.15) is 13.2 Å². The van der Waals surface area contributed by atoms with Gasteiger partial charge in [-0.3, -0.25) is 9.59 Å². The second-order valence-electron chi connectivity index (χ2n) is 11.7. The highest BCUT2D eigenvalue weighted by atomic mass is 19.4. The molecule has 1 atom stereocenters. The van der Waals surface area contributed by atoms with Crippen LogP contribution < -0.4 is 0 Å². The average molecular weight is 619 g/mol. The number of likely N-dealkylation sites (tertiary alicyclic amines) is 1. The Morgan fingerprint density at radius 2 is 1.53 bits per heavy atom. The van der Waals surface area contributed by atoms with Gasteiger partial charge in [0.2, 0.25) is 5.91 Å². The molecule has 0 aliphatic carbocycles. The summed E-state index contributed by atoms with van der Waals surface area (Å²) in [5.41, 5.74) is 2.95. The third-order valence-corrected chi connectivity index (χ3v) is 8.77. The molecule has 2 aliphatic heterocycles. The summed E-state index contributed by atoms with van der Waals surface area (Å²) in [7, 11) is 0. The Balaban J connectivity index is 1.27. The second-order valence-corrected chi connectivity index (χ2v) is 11.7. The van der Waals surface area contributed by atoms with Gasteiger partial charge in [0, 0.05) is 36.7 Å². The molecule has 0 N–H and O–H groups in total. The molecule has 1 saturated heterocycles. The molecule has 1 unspecified atom stereocenters. The van der Waals surface area contributed by atoms with E-state index >= 15 is 0 Å². The molecule has 2 amide bonds. The van der Waals surface area contributed by atoms with Crippen LogP contribution in [-0.4, -0.2) is 47.3 Å². The van der Waals surface area contributed by atoms with Crippen LogP contribution >= 0.6 is 0 Å². The molecule has 5 rings (SSSR count). The second kappa shape index (κ2) is 13.7. The number of esters is 1. The monoisotopic (exact) mass is 618 g/mol. The number of amides is 2. The maximum atomic E-state index is 13.4. The first kappa shape index (κ1) is 32.0. The molecule has 0 radical (unpaired) electrons. The molecule has 45 heavy (non-hydrogen) atoms. The van der Waals surface area contributed by atoms with E-state index in [-0.39, 0.29) is 37.0 Å². The standard InChI is InChI=1S/C36H37F3N2O4/c1-3-45-35(44)33-24(2)41(32(42)22-31(33)28-13-15-30(16-14-28)36(37,38)39)23-27-9-11-29(12-10-27)34(43)40-19-17-26(18-20-40)21-25-7-5-4-6-8-25/h4-16,26,31H,3,17-23H2,1-2H3. The topological polar surface area (TPSA) is 66.9 Å². The number of piperidine rings is 1. The van der Waals surface area contributed by atoms with Crippen LogP contribution in [0.15, 0.2) is 90.1 Å². The van der Waals surface area contributed by atoms with E-state index in [1.165, 1.54) is 22.6 Å². The molecule has 236 valence electrons. The van der Waals surface area contributed by atoms with Gasteiger partial charge in [0.05, 0.1) is 24.3 Å². The van der Waals surface area contributed by atoms with Crippen LogP contribution in [0.5, 0.6) is 0 Å². The van der Waals surface area contributed by atoms with E-state index in [0.717, 1.165) is 37.0 Å². The summed E-state index contributed by atoms with van der Waals surface area (Å²) in [6.07, 6.45) is -1.65. The van der Waals surface area contributed by atoms with Gasteiger partial charge in [-0.15, -0.1) is 0 Å². The minimum atomic E-state index is -4.49. The van der Waals surface area contributed by atoms with E-state index in [1.54, 1.807) is 26.0 Å². The van der Waals surface area contributed by atoms with Crippen molar-refractivity contribution in [2.45, 2.75) is 58.2 Å². The van der Waals surface area contributed by atoms with Crippen molar-refractivity contribution in [1.29, 1.82) is 0 Å². The van der Waals surface area contributed by atoms with Crippen LogP contribution in [0.3, 0.4) is 0 Å². The maximum Gasteiger partial charge on any atom is 0.416 e. The number of carbonyl (C=O) groups is 3. The van der Waals surface area contributed by atoms with Gasteiger partial charge in [0.25, 0.3) is 5.91 Å². The van der Waals surface area contributed by atoms with E-state index < -0.39 is 23.6 Å². The Kier molecular flexibility index (Phi) is 9.75. The number of alkyl halides is 3. The number of benzene rings is 3. The van der Waals surface area contributed by atoms with Crippen LogP contribution in [0, 0.1) is 5.92 Å². The van der Waals surface area contributed by atoms with Gasteiger partial charge < -0.3 is 14.5 Å². The highest BCUT2D eigenvalue weighted by Gasteiger charge is 2.38. The van der Waals surface area contributed by atoms with Gasteiger partial charge in [0.1, 0.15) is 0 Å². The van der Waals surface area contributed by atoms with E-state index in [0.29, 0.717) is 35.8 Å². The van der Waals surface area contributed by atoms with Crippen molar-refractivity contribution in [3.8, 4) is 0 Å². The van der Waals surface area contributed by atoms with Crippen LogP contribution in [0.2, 0.25) is 0 Å². The fourth-order valence-electron chi connectivity index (χ4n) is 6.27. The zero-order valence-electron chi connectivity index (χ0n) is 25.5. The van der Waals surface area contributed by atoms with E-state index in [2.05, 4.69) is 24.3 Å². The van der Waals surface area contributed by atoms with Crippen LogP contribution in [-0.2, 0) is 33.5 Å². The van der Waals surface area contributed by atoms with Crippen molar-refractivity contribution in [3.63, 3.8) is 0 Å². The zero-order valence-corrected chi connectivity index (χ0v) is 25.5. The number of halogens is 3. The summed E-state index contributed by atoms with van der Waals surface area (Å²) in [5.74, 6) is -1.06. The number of rotatable bonds is 8. The number of ether oxygens (including phenoxy) is 1. The summed E-state index contributed by atoms with van der Waals surface area (Å²) < 4.78 is 44.7. The highest BCUT2D eigenvalue weighted by Crippen LogP contribution is 2.39. The van der Waals surface area contributed by atoms with E-state index in [4.69, 9.17) is 4.74 Å². The summed E-state index contributed by atoms with van der Waals surface area (Å²) >= 11 is 0. The van der Waals surface area contributed by atoms with Crippen LogP contribution in [0.4, 0.5) is 13.2 Å². The summed E-state index contributed by atoms with van der Waals surface area (Å²) in [6.45, 7) is 5.03. The Morgan fingerprint density at radius 1 is 0.889 bits per heavy atom. The lowest BCUT2D eigenvalue weighted by Gasteiger charge is -2.34. The van der Waals surface area contributed by atoms with Gasteiger partial charge >= 0.3 is 12.1 Å². The first-order valence-corrected chi connectivity index (χ1v) is 15.3. The molecular formula is C36H37F3N2O4. The van der Waals surface area contributed by atoms with Gasteiger partial charge in [-0.1, -0.05) is 54.6 Å². The Hall–Kier alpha value is -4.40. The highest BCUT2D eigenvalue weighted by molar-refractivity contribution is 5.96. The van der Waals surface area contributed by atoms with Crippen molar-refractivity contribution in [1.82, 2.24) is 9.80 Å². The third-order valence-electron chi connectivity index (χ3n) is 8.77. The Bertz CT molecular complexity index is 1540. The number of carbonyl (C=O) groups excluding carboxylic acids is 3. The molecule has 0 spiro atoms. The van der Waals surface area contributed by atoms with Crippen molar-refractivity contribution in [3.05, 3.63) is 118 Å². The molecule has 0 bridgehead atoms. The normalized spacial score (nSPS) is 17.9. The molecular weight excluding hydrogens is 581 g/mol. The zero-order chi connectivity index (χ0) is 32.1. The minimum Gasteiger partial charge on any atom is -0.463 e. The lowest BCUT2D eigenvalue weighted by molar-refractivity contribution is -0.140. The lowest BCUT2D eigenvalue weighted by atomic mass is 9.83. The SMILES string of the molecule is CCOC(=O)C1=C(C)N(Cc2ccc(C(=O)N3CCC(Cc4ccccc4)CC3)cc2)C(=O)CC1c1ccc(C(F)(F)F)cc1. The Morgan fingerprint density at radius 3 is 2.13 bits per heavy atom. The molecule has 2 aliphatic rings. The van der Waals surface area contributed by atoms with Gasteiger partial charge in [0.15, 0.2) is 0 Å². The first-order chi connectivity index (χ1) is 21.5. The molecule has 0 saturated carbocycles. The summed E-state index contributed by atoms with van der Waals surface area (Å²) in [6, 6.07) is 22.1. The summed E-state index contributed by atoms with van der Waals surface area (Å²) in [4.78, 5) is 43.1. The molecule has 9 heteroatoms. The Labute approximate surface area is 261 Å². The maximum absolute atomic E-state index is 13.4. The van der Waals surface area contributed by atoms with E-state index in [1.807, 2.05) is 23.1 Å². The fourth-order valence-corrected chi connectivity index (χ4v) is 6.27. The summed E-state index contributed by atoms with van der Waals surface area (Å²) in [5, 5.41) is 0. The molecule has 0 aromatic heterocycles. The molecule has 3 aromatic rings. The predicted molar refractivity (Wildman–Crippen MR) is 164 cm³/mol. The average Bonchev–Trinajstić information content (AvgIpc) is 3.03. The smallest absolute Gasteiger partial charge is 0.416 e. The van der Waals surface area contributed by atoms with Crippen molar-refractivity contribution >= 4 is 17.8 Å². The van der Waals surface area contributed by atoms with Crippen molar-refractivity contribution in [2.75, 3.05) is 19.7 Å². The predicted octanol–water partition coefficient (Wildman–Crippen LogP) is 7.15. The largest absolute Gasteiger partial charge is 0.463 e. The first-order valence-electron chi connectivity index (χ1n) is 15.3. The number of hydrogen-bond acceptors (Lipinski definition) is 4. The van der Waals surface area contributed by atoms with Crippen LogP contribution in [0.25, 0.3) is 0 Å². The van der Waals surface area contributed by atoms with Crippen LogP contribution in [0.1, 0.15) is 71.6 Å². The van der Waals surface area contributed by atoms with Gasteiger partial charge in [-0.05, 0) is 80.0 Å². The van der Waals surface area contributed by atoms with E-state index in [9.17, 15) is 27.6 Å². The number of nitrogens with zero attached hydrogens (tertiary/aromatic N) is 2. The molecule has 1 fully saturated rings. The third kappa shape index (κ3) is 7.47. The number of allylic oxidation sites excluding steroid dienone is 1. The molecule has 2 heterocycles. The lowest BCUT2D eigenvalue weighted by Crippen LogP contribution is -2.39. The van der Waals surface area contributed by atoms with Crippen molar-refractivity contribution in [2.24, 2.45) is 5.92 Å².